The lowest BCUT2D eigenvalue weighted by Crippen LogP contribution is -1.85. The molecular formula is C15H14N2O. The van der Waals surface area contributed by atoms with Crippen molar-refractivity contribution in [1.82, 2.24) is 0 Å². The first kappa shape index (κ1) is 12.0. The van der Waals surface area contributed by atoms with Gasteiger partial charge in [-0.1, -0.05) is 42.5 Å². The van der Waals surface area contributed by atoms with Crippen LogP contribution in [-0.4, -0.2) is 19.5 Å². The molecule has 0 bridgehead atoms. The zero-order valence-electron chi connectivity index (χ0n) is 10.2. The zero-order chi connectivity index (χ0) is 12.6. The Kier molecular flexibility index (Phi) is 4.25. The highest BCUT2D eigenvalue weighted by Gasteiger charge is 1.91. The Morgan fingerprint density at radius 3 is 2.22 bits per heavy atom. The minimum absolute atomic E-state index is 0.811. The molecule has 0 aliphatic rings. The van der Waals surface area contributed by atoms with Crippen LogP contribution < -0.4 is 4.74 Å². The van der Waals surface area contributed by atoms with Crippen molar-refractivity contribution in [2.75, 3.05) is 7.11 Å². The molecular weight excluding hydrogens is 224 g/mol. The fourth-order valence-electron chi connectivity index (χ4n) is 1.46. The summed E-state index contributed by atoms with van der Waals surface area (Å²) in [6, 6.07) is 17.5. The monoisotopic (exact) mass is 238 g/mol. The molecule has 3 nitrogen and oxygen atoms in total. The molecule has 0 atom stereocenters. The van der Waals surface area contributed by atoms with Crippen molar-refractivity contribution in [2.45, 2.75) is 0 Å². The molecule has 0 spiro atoms. The summed E-state index contributed by atoms with van der Waals surface area (Å²) < 4.78 is 5.13. The van der Waals surface area contributed by atoms with Crippen LogP contribution in [-0.2, 0) is 0 Å². The Morgan fingerprint density at radius 2 is 1.50 bits per heavy atom. The summed E-state index contributed by atoms with van der Waals surface area (Å²) in [6.07, 6.45) is 3.42. The van der Waals surface area contributed by atoms with Crippen molar-refractivity contribution in [3.05, 3.63) is 65.7 Å². The highest BCUT2D eigenvalue weighted by atomic mass is 16.5. The molecule has 0 aliphatic heterocycles. The van der Waals surface area contributed by atoms with E-state index in [-0.39, 0.29) is 0 Å². The molecule has 0 saturated carbocycles. The number of hydrogen-bond acceptors (Lipinski definition) is 3. The fraction of sp³-hybridized carbons (Fsp3) is 0.0667. The van der Waals surface area contributed by atoms with Crippen molar-refractivity contribution in [2.24, 2.45) is 10.2 Å². The van der Waals surface area contributed by atoms with Gasteiger partial charge in [-0.05, 0) is 23.3 Å². The molecule has 2 aromatic carbocycles. The van der Waals surface area contributed by atoms with Gasteiger partial charge in [0.05, 0.1) is 19.5 Å². The van der Waals surface area contributed by atoms with E-state index in [1.54, 1.807) is 19.5 Å². The van der Waals surface area contributed by atoms with Crippen LogP contribution >= 0.6 is 0 Å². The van der Waals surface area contributed by atoms with Gasteiger partial charge < -0.3 is 4.74 Å². The van der Waals surface area contributed by atoms with E-state index in [0.29, 0.717) is 0 Å². The molecule has 0 aliphatic carbocycles. The van der Waals surface area contributed by atoms with E-state index >= 15 is 0 Å². The third-order valence-corrected chi connectivity index (χ3v) is 2.37. The second-order valence-electron chi connectivity index (χ2n) is 3.68. The molecule has 2 rings (SSSR count). The molecule has 0 saturated heterocycles. The highest BCUT2D eigenvalue weighted by molar-refractivity contribution is 5.82. The van der Waals surface area contributed by atoms with Gasteiger partial charge in [-0.25, -0.2) is 0 Å². The molecule has 90 valence electrons. The zero-order valence-corrected chi connectivity index (χ0v) is 10.2. The quantitative estimate of drug-likeness (QED) is 0.595. The van der Waals surface area contributed by atoms with Crippen LogP contribution in [0.15, 0.2) is 64.8 Å². The molecule has 18 heavy (non-hydrogen) atoms. The molecule has 0 heterocycles. The third-order valence-electron chi connectivity index (χ3n) is 2.37. The Balaban J connectivity index is 2.01. The number of ether oxygens (including phenoxy) is 1. The topological polar surface area (TPSA) is 34.0 Å². The number of nitrogens with zero attached hydrogens (tertiary/aromatic N) is 2. The number of hydrogen-bond donors (Lipinski definition) is 0. The lowest BCUT2D eigenvalue weighted by molar-refractivity contribution is 0.415. The van der Waals surface area contributed by atoms with Crippen molar-refractivity contribution >= 4 is 12.4 Å². The molecule has 3 heteroatoms. The summed E-state index contributed by atoms with van der Waals surface area (Å²) in [5.74, 6) is 0.811. The van der Waals surface area contributed by atoms with Crippen molar-refractivity contribution in [3.63, 3.8) is 0 Å². The Morgan fingerprint density at radius 1 is 0.833 bits per heavy atom. The van der Waals surface area contributed by atoms with Gasteiger partial charge in [-0.15, -0.1) is 0 Å². The van der Waals surface area contributed by atoms with Crippen molar-refractivity contribution in [3.8, 4) is 5.75 Å². The second kappa shape index (κ2) is 6.35. The summed E-state index contributed by atoms with van der Waals surface area (Å²) in [4.78, 5) is 0. The predicted molar refractivity (Wildman–Crippen MR) is 74.6 cm³/mol. The van der Waals surface area contributed by atoms with E-state index in [4.69, 9.17) is 4.74 Å². The maximum absolute atomic E-state index is 5.13. The second-order valence-corrected chi connectivity index (χ2v) is 3.68. The standard InChI is InChI=1S/C15H14N2O/c1-18-15-9-5-8-14(10-15)12-17-16-11-13-6-3-2-4-7-13/h2-12H,1H3/b16-11+,17-12+. The van der Waals surface area contributed by atoms with Gasteiger partial charge in [0.25, 0.3) is 0 Å². The first-order chi connectivity index (χ1) is 8.88. The van der Waals surface area contributed by atoms with Crippen LogP contribution in [0, 0.1) is 0 Å². The first-order valence-electron chi connectivity index (χ1n) is 5.64. The lowest BCUT2D eigenvalue weighted by atomic mass is 10.2. The van der Waals surface area contributed by atoms with E-state index in [2.05, 4.69) is 10.2 Å². The largest absolute Gasteiger partial charge is 0.497 e. The van der Waals surface area contributed by atoms with Crippen LogP contribution in [0.1, 0.15) is 11.1 Å². The summed E-state index contributed by atoms with van der Waals surface area (Å²) in [7, 11) is 1.64. The normalized spacial score (nSPS) is 11.2. The van der Waals surface area contributed by atoms with E-state index in [9.17, 15) is 0 Å². The molecule has 0 fully saturated rings. The van der Waals surface area contributed by atoms with Crippen molar-refractivity contribution < 1.29 is 4.74 Å². The van der Waals surface area contributed by atoms with E-state index in [1.165, 1.54) is 0 Å². The number of benzene rings is 2. The lowest BCUT2D eigenvalue weighted by Gasteiger charge is -1.98. The molecule has 0 aromatic heterocycles. The molecule has 0 radical (unpaired) electrons. The van der Waals surface area contributed by atoms with Gasteiger partial charge >= 0.3 is 0 Å². The van der Waals surface area contributed by atoms with E-state index < -0.39 is 0 Å². The first-order valence-corrected chi connectivity index (χ1v) is 5.64. The van der Waals surface area contributed by atoms with Gasteiger partial charge in [-0.2, -0.15) is 10.2 Å². The summed E-state index contributed by atoms with van der Waals surface area (Å²) >= 11 is 0. The van der Waals surface area contributed by atoms with Gasteiger partial charge in [0.1, 0.15) is 5.75 Å². The minimum atomic E-state index is 0.811. The average molecular weight is 238 g/mol. The van der Waals surface area contributed by atoms with Crippen LogP contribution in [0.25, 0.3) is 0 Å². The summed E-state index contributed by atoms with van der Waals surface area (Å²) in [6.45, 7) is 0. The van der Waals surface area contributed by atoms with Gasteiger partial charge in [0, 0.05) is 0 Å². The third kappa shape index (κ3) is 3.56. The van der Waals surface area contributed by atoms with Crippen molar-refractivity contribution in [1.29, 1.82) is 0 Å². The number of rotatable bonds is 4. The average Bonchev–Trinajstić information content (AvgIpc) is 2.45. The molecule has 0 unspecified atom stereocenters. The molecule has 2 aromatic rings. The fourth-order valence-corrected chi connectivity index (χ4v) is 1.46. The highest BCUT2D eigenvalue weighted by Crippen LogP contribution is 2.10. The van der Waals surface area contributed by atoms with E-state index in [0.717, 1.165) is 16.9 Å². The van der Waals surface area contributed by atoms with E-state index in [1.807, 2.05) is 54.6 Å². The maximum atomic E-state index is 5.13. The SMILES string of the molecule is COc1cccc(/C=N/N=C/c2ccccc2)c1. The Labute approximate surface area is 106 Å². The Bertz CT molecular complexity index is 547. The molecule has 0 N–H and O–H groups in total. The summed E-state index contributed by atoms with van der Waals surface area (Å²) in [5.41, 5.74) is 1.99. The maximum Gasteiger partial charge on any atom is 0.119 e. The van der Waals surface area contributed by atoms with Crippen LogP contribution in [0.5, 0.6) is 5.75 Å². The minimum Gasteiger partial charge on any atom is -0.497 e. The smallest absolute Gasteiger partial charge is 0.119 e. The number of methoxy groups -OCH3 is 1. The van der Waals surface area contributed by atoms with Gasteiger partial charge in [0.2, 0.25) is 0 Å². The van der Waals surface area contributed by atoms with Gasteiger partial charge in [-0.3, -0.25) is 0 Å². The van der Waals surface area contributed by atoms with Crippen LogP contribution in [0.2, 0.25) is 0 Å². The molecule has 0 amide bonds. The predicted octanol–water partition coefficient (Wildman–Crippen LogP) is 3.15. The van der Waals surface area contributed by atoms with Crippen LogP contribution in [0.3, 0.4) is 0 Å². The van der Waals surface area contributed by atoms with Crippen LogP contribution in [0.4, 0.5) is 0 Å². The van der Waals surface area contributed by atoms with Gasteiger partial charge in [0.15, 0.2) is 0 Å². The summed E-state index contributed by atoms with van der Waals surface area (Å²) in [5, 5.41) is 8.00. The Hall–Kier alpha value is -2.42.